The number of amides is 1. The highest BCUT2D eigenvalue weighted by molar-refractivity contribution is 5.90. The minimum atomic E-state index is -0.536. The fraction of sp³-hybridized carbons (Fsp3) is 0.0800. The number of para-hydroxylation sites is 1. The molecule has 0 bridgehead atoms. The van der Waals surface area contributed by atoms with Crippen LogP contribution in [0.4, 0.5) is 4.79 Å². The number of hydrogen-bond acceptors (Lipinski definition) is 3. The quantitative estimate of drug-likeness (QED) is 0.417. The van der Waals surface area contributed by atoms with Crippen LogP contribution in [0.3, 0.4) is 0 Å². The Labute approximate surface area is 167 Å². The third-order valence-corrected chi connectivity index (χ3v) is 5.68. The van der Waals surface area contributed by atoms with Gasteiger partial charge in [0.15, 0.2) is 0 Å². The van der Waals surface area contributed by atoms with Gasteiger partial charge in [-0.15, -0.1) is 0 Å². The van der Waals surface area contributed by atoms with Gasteiger partial charge in [0.2, 0.25) is 6.23 Å². The van der Waals surface area contributed by atoms with Crippen LogP contribution >= 0.6 is 0 Å². The first kappa shape index (κ1) is 16.2. The molecule has 0 N–H and O–H groups in total. The summed E-state index contributed by atoms with van der Waals surface area (Å²) in [6.07, 6.45) is -0.938. The molecule has 0 radical (unpaired) electrons. The Balaban J connectivity index is 1.66. The topological polar surface area (TPSA) is 38.8 Å². The van der Waals surface area contributed by atoms with Crippen LogP contribution < -0.4 is 9.47 Å². The fourth-order valence-electron chi connectivity index (χ4n) is 4.41. The Kier molecular flexibility index (Phi) is 3.41. The average molecular weight is 379 g/mol. The van der Waals surface area contributed by atoms with Crippen LogP contribution in [-0.4, -0.2) is 11.0 Å². The van der Waals surface area contributed by atoms with Gasteiger partial charge in [-0.2, -0.15) is 0 Å². The van der Waals surface area contributed by atoms with Gasteiger partial charge in [-0.3, -0.25) is 4.90 Å². The van der Waals surface area contributed by atoms with E-state index in [2.05, 4.69) is 18.2 Å². The highest BCUT2D eigenvalue weighted by atomic mass is 16.6. The van der Waals surface area contributed by atoms with Crippen molar-refractivity contribution in [3.8, 4) is 11.5 Å². The summed E-state index contributed by atoms with van der Waals surface area (Å²) in [5.74, 6) is 1.35. The zero-order valence-corrected chi connectivity index (χ0v) is 15.5. The lowest BCUT2D eigenvalue weighted by molar-refractivity contribution is -0.0162. The van der Waals surface area contributed by atoms with Crippen molar-refractivity contribution in [2.24, 2.45) is 0 Å². The first-order chi connectivity index (χ1) is 14.3. The number of benzene rings is 4. The summed E-state index contributed by atoms with van der Waals surface area (Å²) in [4.78, 5) is 14.9. The van der Waals surface area contributed by atoms with Gasteiger partial charge in [0, 0.05) is 5.56 Å². The molecule has 4 aromatic carbocycles. The number of nitrogens with zero attached hydrogens (tertiary/aromatic N) is 1. The van der Waals surface area contributed by atoms with Gasteiger partial charge in [0.1, 0.15) is 11.5 Å². The van der Waals surface area contributed by atoms with Crippen LogP contribution in [-0.2, 0) is 0 Å². The van der Waals surface area contributed by atoms with Crippen LogP contribution in [0.2, 0.25) is 0 Å². The van der Waals surface area contributed by atoms with E-state index in [0.29, 0.717) is 5.75 Å². The van der Waals surface area contributed by atoms with Crippen LogP contribution in [0.15, 0.2) is 91.0 Å². The second-order valence-corrected chi connectivity index (χ2v) is 7.30. The van der Waals surface area contributed by atoms with Gasteiger partial charge in [0.25, 0.3) is 0 Å². The number of carbonyl (C=O) groups excluding carboxylic acids is 1. The van der Waals surface area contributed by atoms with Crippen LogP contribution in [0.25, 0.3) is 10.8 Å². The largest absolute Gasteiger partial charge is 0.465 e. The molecule has 4 heteroatoms. The van der Waals surface area contributed by atoms with Crippen molar-refractivity contribution in [1.82, 2.24) is 4.90 Å². The van der Waals surface area contributed by atoms with Crippen molar-refractivity contribution >= 4 is 16.9 Å². The molecule has 0 aliphatic carbocycles. The zero-order chi connectivity index (χ0) is 19.4. The Hall–Kier alpha value is -3.79. The van der Waals surface area contributed by atoms with E-state index >= 15 is 0 Å². The molecule has 0 saturated carbocycles. The molecule has 140 valence electrons. The normalized spacial score (nSPS) is 19.6. The van der Waals surface area contributed by atoms with Crippen molar-refractivity contribution in [1.29, 1.82) is 0 Å². The first-order valence-corrected chi connectivity index (χ1v) is 9.63. The smallest absolute Gasteiger partial charge is 0.419 e. The molecule has 0 fully saturated rings. The lowest BCUT2D eigenvalue weighted by Gasteiger charge is -2.45. The third kappa shape index (κ3) is 2.36. The highest BCUT2D eigenvalue weighted by Crippen LogP contribution is 2.51. The van der Waals surface area contributed by atoms with E-state index in [9.17, 15) is 4.79 Å². The number of rotatable bonds is 1. The van der Waals surface area contributed by atoms with Crippen LogP contribution in [0, 0.1) is 0 Å². The minimum Gasteiger partial charge on any atom is -0.465 e. The van der Waals surface area contributed by atoms with Crippen molar-refractivity contribution in [3.63, 3.8) is 0 Å². The molecule has 2 aliphatic heterocycles. The summed E-state index contributed by atoms with van der Waals surface area (Å²) in [5.41, 5.74) is 2.86. The van der Waals surface area contributed by atoms with E-state index in [1.807, 2.05) is 66.7 Å². The maximum atomic E-state index is 13.1. The number of carbonyl (C=O) groups is 1. The first-order valence-electron chi connectivity index (χ1n) is 9.63. The van der Waals surface area contributed by atoms with Crippen molar-refractivity contribution in [3.05, 3.63) is 108 Å². The SMILES string of the molecule is O=C1Oc2ccccc2[C@H]2Oc3ccc4ccccc4c3[C@H](c3ccccc3)N12. The van der Waals surface area contributed by atoms with E-state index in [4.69, 9.17) is 9.47 Å². The molecule has 6 rings (SSSR count). The van der Waals surface area contributed by atoms with Crippen molar-refractivity contribution < 1.29 is 14.3 Å². The second kappa shape index (κ2) is 6.11. The number of hydrogen-bond donors (Lipinski definition) is 0. The molecule has 0 aromatic heterocycles. The fourth-order valence-corrected chi connectivity index (χ4v) is 4.41. The van der Waals surface area contributed by atoms with Gasteiger partial charge < -0.3 is 9.47 Å². The monoisotopic (exact) mass is 379 g/mol. The lowest BCUT2D eigenvalue weighted by atomic mass is 9.89. The molecule has 1 amide bonds. The van der Waals surface area contributed by atoms with E-state index in [-0.39, 0.29) is 6.04 Å². The minimum absolute atomic E-state index is 0.308. The maximum Gasteiger partial charge on any atom is 0.419 e. The predicted octanol–water partition coefficient (Wildman–Crippen LogP) is 5.83. The maximum absolute atomic E-state index is 13.1. The molecule has 0 unspecified atom stereocenters. The Morgan fingerprint density at radius 1 is 0.724 bits per heavy atom. The van der Waals surface area contributed by atoms with Gasteiger partial charge in [-0.25, -0.2) is 4.79 Å². The summed E-state index contributed by atoms with van der Waals surface area (Å²) in [7, 11) is 0. The molecule has 0 spiro atoms. The average Bonchev–Trinajstić information content (AvgIpc) is 2.78. The summed E-state index contributed by atoms with van der Waals surface area (Å²) < 4.78 is 12.1. The Morgan fingerprint density at radius 2 is 1.48 bits per heavy atom. The summed E-state index contributed by atoms with van der Waals surface area (Å²) >= 11 is 0. The van der Waals surface area contributed by atoms with Gasteiger partial charge in [-0.05, 0) is 34.5 Å². The van der Waals surface area contributed by atoms with Gasteiger partial charge >= 0.3 is 6.09 Å². The molecule has 29 heavy (non-hydrogen) atoms. The van der Waals surface area contributed by atoms with E-state index < -0.39 is 12.3 Å². The number of fused-ring (bicyclic) bond motifs is 6. The molecule has 2 heterocycles. The summed E-state index contributed by atoms with van der Waals surface area (Å²) in [6, 6.07) is 29.6. The lowest BCUT2D eigenvalue weighted by Crippen LogP contribution is -2.48. The Morgan fingerprint density at radius 3 is 2.38 bits per heavy atom. The predicted molar refractivity (Wildman–Crippen MR) is 110 cm³/mol. The summed E-state index contributed by atoms with van der Waals surface area (Å²) in [5, 5.41) is 2.18. The van der Waals surface area contributed by atoms with Gasteiger partial charge in [0.05, 0.1) is 11.6 Å². The molecule has 0 saturated heterocycles. The van der Waals surface area contributed by atoms with Crippen LogP contribution in [0.5, 0.6) is 11.5 Å². The van der Waals surface area contributed by atoms with Gasteiger partial charge in [-0.1, -0.05) is 72.8 Å². The van der Waals surface area contributed by atoms with E-state index in [1.54, 1.807) is 11.0 Å². The standard InChI is InChI=1S/C25H17NO3/c27-25-26-23(17-9-2-1-3-10-17)22-18-11-5-4-8-16(18)14-15-21(22)28-24(26)19-12-6-7-13-20(19)29-25/h1-15,23-24H/t23-,24+/m0/s1. The number of ether oxygens (including phenoxy) is 2. The zero-order valence-electron chi connectivity index (χ0n) is 15.5. The molecule has 4 aromatic rings. The van der Waals surface area contributed by atoms with Crippen LogP contribution in [0.1, 0.15) is 29.0 Å². The third-order valence-electron chi connectivity index (χ3n) is 5.68. The van der Waals surface area contributed by atoms with Crippen molar-refractivity contribution in [2.45, 2.75) is 12.3 Å². The second-order valence-electron chi connectivity index (χ2n) is 7.30. The summed E-state index contributed by atoms with van der Waals surface area (Å²) in [6.45, 7) is 0. The molecular weight excluding hydrogens is 362 g/mol. The molecule has 4 nitrogen and oxygen atoms in total. The molecule has 2 atom stereocenters. The Bertz CT molecular complexity index is 1250. The van der Waals surface area contributed by atoms with E-state index in [0.717, 1.165) is 33.2 Å². The van der Waals surface area contributed by atoms with E-state index in [1.165, 1.54) is 0 Å². The molecular formula is C25H17NO3. The highest BCUT2D eigenvalue weighted by Gasteiger charge is 2.46. The van der Waals surface area contributed by atoms with Crippen molar-refractivity contribution in [2.75, 3.05) is 0 Å². The molecule has 2 aliphatic rings.